The van der Waals surface area contributed by atoms with E-state index in [1.807, 2.05) is 12.1 Å². The van der Waals surface area contributed by atoms with Crippen LogP contribution in [0.2, 0.25) is 0 Å². The largest absolute Gasteiger partial charge is 0.338 e. The number of carbonyl (C=O) groups excluding carboxylic acids is 1. The summed E-state index contributed by atoms with van der Waals surface area (Å²) in [4.78, 5) is 18.1. The summed E-state index contributed by atoms with van der Waals surface area (Å²) < 4.78 is 25.0. The van der Waals surface area contributed by atoms with Gasteiger partial charge in [-0.15, -0.1) is 0 Å². The van der Waals surface area contributed by atoms with Crippen molar-refractivity contribution in [3.63, 3.8) is 0 Å². The minimum absolute atomic E-state index is 0.0862. The predicted molar refractivity (Wildman–Crippen MR) is 88.5 cm³/mol. The number of hydrogen-bond donors (Lipinski definition) is 2. The molecular formula is C15H24N4O3S. The van der Waals surface area contributed by atoms with Crippen LogP contribution in [0.1, 0.15) is 24.8 Å². The van der Waals surface area contributed by atoms with Crippen LogP contribution in [-0.2, 0) is 16.4 Å². The molecule has 0 bridgehead atoms. The summed E-state index contributed by atoms with van der Waals surface area (Å²) in [5, 5.41) is 2.91. The fraction of sp³-hybridized carbons (Fsp3) is 0.600. The van der Waals surface area contributed by atoms with E-state index in [0.29, 0.717) is 13.1 Å². The minimum Gasteiger partial charge on any atom is -0.338 e. The number of rotatable bonds is 6. The van der Waals surface area contributed by atoms with E-state index in [-0.39, 0.29) is 18.6 Å². The Kier molecular flexibility index (Phi) is 6.35. The third-order valence-corrected chi connectivity index (χ3v) is 4.57. The molecule has 1 fully saturated rings. The first-order chi connectivity index (χ1) is 11.0. The molecule has 23 heavy (non-hydrogen) atoms. The normalized spacial score (nSPS) is 18.7. The van der Waals surface area contributed by atoms with Gasteiger partial charge < -0.3 is 10.2 Å². The van der Waals surface area contributed by atoms with Crippen molar-refractivity contribution in [1.29, 1.82) is 0 Å². The van der Waals surface area contributed by atoms with Crippen LogP contribution in [0.4, 0.5) is 4.79 Å². The second-order valence-corrected chi connectivity index (χ2v) is 7.64. The number of carbonyl (C=O) groups is 1. The topological polar surface area (TPSA) is 91.4 Å². The number of aromatic nitrogens is 1. The van der Waals surface area contributed by atoms with Gasteiger partial charge in [-0.25, -0.2) is 17.9 Å². The molecule has 1 saturated heterocycles. The molecule has 1 aromatic rings. The smallest absolute Gasteiger partial charge is 0.317 e. The monoisotopic (exact) mass is 340 g/mol. The lowest BCUT2D eigenvalue weighted by Gasteiger charge is -2.35. The highest BCUT2D eigenvalue weighted by Crippen LogP contribution is 2.16. The number of nitrogens with one attached hydrogen (secondary N) is 2. The van der Waals surface area contributed by atoms with Crippen LogP contribution in [0.15, 0.2) is 24.5 Å². The van der Waals surface area contributed by atoms with Crippen LogP contribution >= 0.6 is 0 Å². The molecule has 1 aromatic heterocycles. The Morgan fingerprint density at radius 2 is 2.26 bits per heavy atom. The lowest BCUT2D eigenvalue weighted by atomic mass is 10.0. The highest BCUT2D eigenvalue weighted by Gasteiger charge is 2.26. The molecule has 2 rings (SSSR count). The first-order valence-corrected chi connectivity index (χ1v) is 9.73. The van der Waals surface area contributed by atoms with Crippen molar-refractivity contribution < 1.29 is 13.2 Å². The molecule has 1 aliphatic heterocycles. The fourth-order valence-corrected chi connectivity index (χ4v) is 3.18. The van der Waals surface area contributed by atoms with E-state index in [1.165, 1.54) is 0 Å². The molecule has 8 heteroatoms. The highest BCUT2D eigenvalue weighted by atomic mass is 32.2. The van der Waals surface area contributed by atoms with E-state index in [0.717, 1.165) is 37.5 Å². The molecule has 0 radical (unpaired) electrons. The van der Waals surface area contributed by atoms with Gasteiger partial charge in [0.2, 0.25) is 10.0 Å². The lowest BCUT2D eigenvalue weighted by Crippen LogP contribution is -2.52. The van der Waals surface area contributed by atoms with Gasteiger partial charge in [0.25, 0.3) is 0 Å². The predicted octanol–water partition coefficient (Wildman–Crippen LogP) is 0.737. The summed E-state index contributed by atoms with van der Waals surface area (Å²) in [5.74, 6) is 0. The van der Waals surface area contributed by atoms with E-state index in [4.69, 9.17) is 0 Å². The quantitative estimate of drug-likeness (QED) is 0.799. The third kappa shape index (κ3) is 6.15. The Labute approximate surface area is 137 Å². The van der Waals surface area contributed by atoms with Gasteiger partial charge in [0, 0.05) is 38.1 Å². The van der Waals surface area contributed by atoms with Gasteiger partial charge in [-0.3, -0.25) is 4.98 Å². The van der Waals surface area contributed by atoms with Crippen LogP contribution in [0.3, 0.4) is 0 Å². The Morgan fingerprint density at radius 3 is 2.96 bits per heavy atom. The Balaban J connectivity index is 1.82. The zero-order valence-corrected chi connectivity index (χ0v) is 14.2. The molecule has 1 aliphatic rings. The Morgan fingerprint density at radius 1 is 1.43 bits per heavy atom. The number of likely N-dealkylation sites (tertiary alicyclic amines) is 1. The molecule has 0 aliphatic carbocycles. The minimum atomic E-state index is -3.24. The average molecular weight is 340 g/mol. The summed E-state index contributed by atoms with van der Waals surface area (Å²) in [6.45, 7) is 1.47. The summed E-state index contributed by atoms with van der Waals surface area (Å²) >= 11 is 0. The average Bonchev–Trinajstić information content (AvgIpc) is 2.53. The first-order valence-electron chi connectivity index (χ1n) is 7.84. The van der Waals surface area contributed by atoms with Crippen molar-refractivity contribution in [3.05, 3.63) is 30.1 Å². The van der Waals surface area contributed by atoms with Gasteiger partial charge in [0.1, 0.15) is 0 Å². The number of urea groups is 1. The zero-order valence-electron chi connectivity index (χ0n) is 13.4. The number of hydrogen-bond acceptors (Lipinski definition) is 4. The fourth-order valence-electron chi connectivity index (χ4n) is 2.69. The van der Waals surface area contributed by atoms with Gasteiger partial charge in [0.05, 0.1) is 6.26 Å². The standard InChI is InChI=1S/C15H24N4O3S/c1-23(21,22)18-12-14-6-2-3-10-19(14)15(20)17-9-7-13-5-4-8-16-11-13/h4-5,8,11,14,18H,2-3,6-7,9-10,12H2,1H3,(H,17,20)/t14-/m1/s1. The molecule has 0 aromatic carbocycles. The molecule has 0 saturated carbocycles. The number of pyridine rings is 1. The van der Waals surface area contributed by atoms with E-state index in [2.05, 4.69) is 15.0 Å². The van der Waals surface area contributed by atoms with E-state index in [1.54, 1.807) is 17.3 Å². The maximum Gasteiger partial charge on any atom is 0.317 e. The van der Waals surface area contributed by atoms with Crippen LogP contribution in [0, 0.1) is 0 Å². The molecule has 0 unspecified atom stereocenters. The second-order valence-electron chi connectivity index (χ2n) is 5.81. The molecule has 7 nitrogen and oxygen atoms in total. The third-order valence-electron chi connectivity index (χ3n) is 3.88. The van der Waals surface area contributed by atoms with Gasteiger partial charge in [0.15, 0.2) is 0 Å². The van der Waals surface area contributed by atoms with Gasteiger partial charge in [-0.2, -0.15) is 0 Å². The number of sulfonamides is 1. The van der Waals surface area contributed by atoms with E-state index >= 15 is 0 Å². The first kappa shape index (κ1) is 17.7. The van der Waals surface area contributed by atoms with E-state index < -0.39 is 10.0 Å². The van der Waals surface area contributed by atoms with Crippen LogP contribution < -0.4 is 10.0 Å². The maximum atomic E-state index is 12.3. The second kappa shape index (κ2) is 8.26. The Bertz CT molecular complexity index is 606. The van der Waals surface area contributed by atoms with Gasteiger partial charge in [-0.1, -0.05) is 6.07 Å². The number of piperidine rings is 1. The summed E-state index contributed by atoms with van der Waals surface area (Å²) in [6, 6.07) is 3.62. The molecule has 2 N–H and O–H groups in total. The van der Waals surface area contributed by atoms with Crippen LogP contribution in [0.5, 0.6) is 0 Å². The molecule has 1 atom stereocenters. The Hall–Kier alpha value is -1.67. The van der Waals surface area contributed by atoms with E-state index in [9.17, 15) is 13.2 Å². The molecule has 2 heterocycles. The SMILES string of the molecule is CS(=O)(=O)NC[C@H]1CCCCN1C(=O)NCCc1cccnc1. The van der Waals surface area contributed by atoms with Crippen molar-refractivity contribution >= 4 is 16.1 Å². The van der Waals surface area contributed by atoms with Gasteiger partial charge >= 0.3 is 6.03 Å². The summed E-state index contributed by atoms with van der Waals surface area (Å²) in [7, 11) is -3.24. The van der Waals surface area contributed by atoms with Crippen molar-refractivity contribution in [2.75, 3.05) is 25.9 Å². The molecule has 2 amide bonds. The summed E-state index contributed by atoms with van der Waals surface area (Å²) in [5.41, 5.74) is 1.07. The molecular weight excluding hydrogens is 316 g/mol. The highest BCUT2D eigenvalue weighted by molar-refractivity contribution is 7.88. The lowest BCUT2D eigenvalue weighted by molar-refractivity contribution is 0.152. The molecule has 0 spiro atoms. The zero-order chi connectivity index (χ0) is 16.7. The number of nitrogens with zero attached hydrogens (tertiary/aromatic N) is 2. The van der Waals surface area contributed by atoms with Crippen LogP contribution in [0.25, 0.3) is 0 Å². The van der Waals surface area contributed by atoms with Crippen molar-refractivity contribution in [3.8, 4) is 0 Å². The van der Waals surface area contributed by atoms with Crippen molar-refractivity contribution in [2.24, 2.45) is 0 Å². The van der Waals surface area contributed by atoms with Crippen LogP contribution in [-0.4, -0.2) is 56.3 Å². The summed E-state index contributed by atoms with van der Waals surface area (Å²) in [6.07, 6.45) is 8.13. The van der Waals surface area contributed by atoms with Gasteiger partial charge in [-0.05, 0) is 37.3 Å². The number of amides is 2. The molecule has 128 valence electrons. The van der Waals surface area contributed by atoms with Crippen molar-refractivity contribution in [1.82, 2.24) is 19.9 Å². The van der Waals surface area contributed by atoms with Crippen molar-refractivity contribution in [2.45, 2.75) is 31.7 Å². The maximum absolute atomic E-state index is 12.3.